The molecule has 92 valence electrons. The highest BCUT2D eigenvalue weighted by Gasteiger charge is 2.11. The number of hydrogen-bond acceptors (Lipinski definition) is 3. The topological polar surface area (TPSA) is 62.8 Å². The zero-order valence-corrected chi connectivity index (χ0v) is 11.3. The lowest BCUT2D eigenvalue weighted by Gasteiger charge is -2.09. The molecule has 5 heteroatoms. The summed E-state index contributed by atoms with van der Waals surface area (Å²) in [7, 11) is 0. The number of aryl methyl sites for hydroxylation is 1. The minimum atomic E-state index is 0.0389. The zero-order chi connectivity index (χ0) is 13.1. The van der Waals surface area contributed by atoms with E-state index in [9.17, 15) is 0 Å². The van der Waals surface area contributed by atoms with Gasteiger partial charge in [0.05, 0.1) is 5.56 Å². The number of hydrogen-bond donors (Lipinski definition) is 2. The standard InChI is InChI=1S/C13H12ClN3S/c1-8-6-7-17-13(11(8)12(15)16)18-10-4-2-9(14)3-5-10/h2-7H,1H3,(H3,15,16). The Morgan fingerprint density at radius 3 is 2.56 bits per heavy atom. The number of pyridine rings is 1. The van der Waals surface area contributed by atoms with Crippen LogP contribution >= 0.6 is 23.4 Å². The van der Waals surface area contributed by atoms with Crippen molar-refractivity contribution < 1.29 is 0 Å². The van der Waals surface area contributed by atoms with Crippen molar-refractivity contribution in [3.63, 3.8) is 0 Å². The van der Waals surface area contributed by atoms with Gasteiger partial charge in [0.2, 0.25) is 0 Å². The van der Waals surface area contributed by atoms with Crippen molar-refractivity contribution in [1.29, 1.82) is 5.41 Å². The molecule has 0 atom stereocenters. The molecule has 2 rings (SSSR count). The first-order valence-corrected chi connectivity index (χ1v) is 6.51. The molecule has 3 nitrogen and oxygen atoms in total. The normalized spacial score (nSPS) is 10.3. The van der Waals surface area contributed by atoms with Gasteiger partial charge < -0.3 is 5.73 Å². The van der Waals surface area contributed by atoms with Gasteiger partial charge in [-0.05, 0) is 42.8 Å². The van der Waals surface area contributed by atoms with Crippen LogP contribution in [-0.2, 0) is 0 Å². The molecule has 0 radical (unpaired) electrons. The number of nitrogens with zero attached hydrogens (tertiary/aromatic N) is 1. The second-order valence-corrected chi connectivity index (χ2v) is 5.28. The molecule has 0 amide bonds. The Bertz CT molecular complexity index is 581. The number of nitrogens with one attached hydrogen (secondary N) is 1. The highest BCUT2D eigenvalue weighted by Crippen LogP contribution is 2.30. The van der Waals surface area contributed by atoms with Gasteiger partial charge in [0.1, 0.15) is 10.9 Å². The van der Waals surface area contributed by atoms with E-state index >= 15 is 0 Å². The van der Waals surface area contributed by atoms with E-state index in [-0.39, 0.29) is 5.84 Å². The number of amidine groups is 1. The lowest BCUT2D eigenvalue weighted by molar-refractivity contribution is 1.09. The first-order valence-electron chi connectivity index (χ1n) is 5.31. The molecule has 0 spiro atoms. The predicted molar refractivity (Wildman–Crippen MR) is 75.6 cm³/mol. The molecular weight excluding hydrogens is 266 g/mol. The average Bonchev–Trinajstić information content (AvgIpc) is 2.32. The number of nitrogens with two attached hydrogens (primary N) is 1. The van der Waals surface area contributed by atoms with Crippen molar-refractivity contribution in [2.45, 2.75) is 16.8 Å². The summed E-state index contributed by atoms with van der Waals surface area (Å²) in [5.41, 5.74) is 7.25. The second kappa shape index (κ2) is 5.42. The highest BCUT2D eigenvalue weighted by molar-refractivity contribution is 7.99. The summed E-state index contributed by atoms with van der Waals surface area (Å²) in [5.74, 6) is 0.0389. The average molecular weight is 278 g/mol. The number of nitrogen functional groups attached to an aromatic ring is 1. The Morgan fingerprint density at radius 2 is 1.94 bits per heavy atom. The van der Waals surface area contributed by atoms with Gasteiger partial charge in [0, 0.05) is 16.1 Å². The third kappa shape index (κ3) is 2.83. The van der Waals surface area contributed by atoms with Crippen LogP contribution in [0.1, 0.15) is 11.1 Å². The van der Waals surface area contributed by atoms with E-state index in [2.05, 4.69) is 4.98 Å². The van der Waals surface area contributed by atoms with Crippen molar-refractivity contribution in [3.8, 4) is 0 Å². The fraction of sp³-hybridized carbons (Fsp3) is 0.0769. The molecule has 1 aromatic heterocycles. The summed E-state index contributed by atoms with van der Waals surface area (Å²) >= 11 is 7.32. The summed E-state index contributed by atoms with van der Waals surface area (Å²) in [4.78, 5) is 5.30. The summed E-state index contributed by atoms with van der Waals surface area (Å²) in [6, 6.07) is 9.34. The van der Waals surface area contributed by atoms with Crippen LogP contribution in [0.25, 0.3) is 0 Å². The molecule has 0 unspecified atom stereocenters. The monoisotopic (exact) mass is 277 g/mol. The van der Waals surface area contributed by atoms with E-state index < -0.39 is 0 Å². The van der Waals surface area contributed by atoms with E-state index in [1.807, 2.05) is 37.3 Å². The molecule has 3 N–H and O–H groups in total. The van der Waals surface area contributed by atoms with Crippen LogP contribution in [-0.4, -0.2) is 10.8 Å². The van der Waals surface area contributed by atoms with Gasteiger partial charge in [0.15, 0.2) is 0 Å². The van der Waals surface area contributed by atoms with Crippen molar-refractivity contribution in [3.05, 3.63) is 52.7 Å². The van der Waals surface area contributed by atoms with Gasteiger partial charge in [-0.25, -0.2) is 4.98 Å². The summed E-state index contributed by atoms with van der Waals surface area (Å²) in [5, 5.41) is 9.06. The Hall–Kier alpha value is -1.52. The molecule has 1 aromatic carbocycles. The smallest absolute Gasteiger partial charge is 0.125 e. The summed E-state index contributed by atoms with van der Waals surface area (Å²) < 4.78 is 0. The molecule has 0 saturated carbocycles. The number of benzene rings is 1. The largest absolute Gasteiger partial charge is 0.384 e. The minimum Gasteiger partial charge on any atom is -0.384 e. The molecule has 0 aliphatic carbocycles. The molecule has 18 heavy (non-hydrogen) atoms. The second-order valence-electron chi connectivity index (χ2n) is 3.78. The van der Waals surface area contributed by atoms with Crippen LogP contribution in [0.5, 0.6) is 0 Å². The van der Waals surface area contributed by atoms with Crippen LogP contribution in [0.4, 0.5) is 0 Å². The molecule has 0 aliphatic heterocycles. The molecule has 0 saturated heterocycles. The summed E-state index contributed by atoms with van der Waals surface area (Å²) in [6.07, 6.45) is 1.72. The first kappa shape index (κ1) is 12.9. The maximum absolute atomic E-state index is 7.62. The van der Waals surface area contributed by atoms with Gasteiger partial charge >= 0.3 is 0 Å². The van der Waals surface area contributed by atoms with Crippen LogP contribution in [0.3, 0.4) is 0 Å². The van der Waals surface area contributed by atoms with Gasteiger partial charge in [-0.15, -0.1) is 0 Å². The van der Waals surface area contributed by atoms with Crippen molar-refractivity contribution >= 4 is 29.2 Å². The fourth-order valence-electron chi connectivity index (χ4n) is 1.55. The number of rotatable bonds is 3. The van der Waals surface area contributed by atoms with Gasteiger partial charge in [-0.1, -0.05) is 23.4 Å². The Morgan fingerprint density at radius 1 is 1.28 bits per heavy atom. The van der Waals surface area contributed by atoms with Crippen LogP contribution < -0.4 is 5.73 Å². The maximum Gasteiger partial charge on any atom is 0.125 e. The molecular formula is C13H12ClN3S. The third-order valence-electron chi connectivity index (χ3n) is 2.42. The first-order chi connectivity index (χ1) is 8.58. The highest BCUT2D eigenvalue weighted by atomic mass is 35.5. The van der Waals surface area contributed by atoms with Crippen LogP contribution in [0.2, 0.25) is 5.02 Å². The SMILES string of the molecule is Cc1ccnc(Sc2ccc(Cl)cc2)c1C(=N)N. The minimum absolute atomic E-state index is 0.0389. The van der Waals surface area contributed by atoms with Crippen molar-refractivity contribution in [2.75, 3.05) is 0 Å². The van der Waals surface area contributed by atoms with Crippen LogP contribution in [0.15, 0.2) is 46.5 Å². The Kier molecular flexibility index (Phi) is 3.89. The molecule has 0 aliphatic rings. The van der Waals surface area contributed by atoms with E-state index in [0.29, 0.717) is 10.6 Å². The van der Waals surface area contributed by atoms with Gasteiger partial charge in [-0.2, -0.15) is 0 Å². The lowest BCUT2D eigenvalue weighted by atomic mass is 10.1. The Balaban J connectivity index is 2.37. The lowest BCUT2D eigenvalue weighted by Crippen LogP contribution is -2.14. The maximum atomic E-state index is 7.62. The molecule has 0 bridgehead atoms. The predicted octanol–water partition coefficient (Wildman–Crippen LogP) is 3.48. The number of aromatic nitrogens is 1. The van der Waals surface area contributed by atoms with E-state index in [1.165, 1.54) is 11.8 Å². The number of halogens is 1. The van der Waals surface area contributed by atoms with E-state index in [0.717, 1.165) is 15.5 Å². The van der Waals surface area contributed by atoms with Gasteiger partial charge in [-0.3, -0.25) is 5.41 Å². The van der Waals surface area contributed by atoms with E-state index in [4.69, 9.17) is 22.7 Å². The van der Waals surface area contributed by atoms with Crippen molar-refractivity contribution in [2.24, 2.45) is 5.73 Å². The summed E-state index contributed by atoms with van der Waals surface area (Å²) in [6.45, 7) is 1.92. The van der Waals surface area contributed by atoms with E-state index in [1.54, 1.807) is 6.20 Å². The molecule has 0 fully saturated rings. The van der Waals surface area contributed by atoms with Crippen LogP contribution in [0, 0.1) is 12.3 Å². The fourth-order valence-corrected chi connectivity index (χ4v) is 2.66. The van der Waals surface area contributed by atoms with Crippen molar-refractivity contribution in [1.82, 2.24) is 4.98 Å². The third-order valence-corrected chi connectivity index (χ3v) is 3.68. The molecule has 2 aromatic rings. The van der Waals surface area contributed by atoms with Gasteiger partial charge in [0.25, 0.3) is 0 Å². The molecule has 1 heterocycles. The Labute approximate surface area is 115 Å². The quantitative estimate of drug-likeness (QED) is 0.667. The zero-order valence-electron chi connectivity index (χ0n) is 9.77.